The third-order valence-corrected chi connectivity index (χ3v) is 6.54. The minimum Gasteiger partial charge on any atom is -0.494 e. The van der Waals surface area contributed by atoms with Crippen molar-refractivity contribution in [2.45, 2.75) is 45.1 Å². The van der Waals surface area contributed by atoms with Crippen molar-refractivity contribution in [2.24, 2.45) is 5.92 Å². The number of aromatic nitrogens is 1. The fourth-order valence-electron chi connectivity index (χ4n) is 4.61. The molecule has 1 aromatic heterocycles. The Morgan fingerprint density at radius 2 is 1.78 bits per heavy atom. The molecule has 2 aliphatic rings. The van der Waals surface area contributed by atoms with Gasteiger partial charge in [0, 0.05) is 51.4 Å². The molecule has 0 radical (unpaired) electrons. The first-order valence-electron chi connectivity index (χ1n) is 12.2. The summed E-state index contributed by atoms with van der Waals surface area (Å²) in [6.07, 6.45) is 8.46. The monoisotopic (exact) mass is 436 g/mol. The fraction of sp³-hybridized carbons (Fsp3) is 0.538. The number of anilines is 1. The maximum atomic E-state index is 12.2. The Morgan fingerprint density at radius 1 is 1.00 bits per heavy atom. The lowest BCUT2D eigenvalue weighted by Gasteiger charge is -2.35. The number of carbonyl (C=O) groups is 1. The predicted molar refractivity (Wildman–Crippen MR) is 128 cm³/mol. The van der Waals surface area contributed by atoms with Crippen molar-refractivity contribution >= 4 is 11.7 Å². The van der Waals surface area contributed by atoms with Crippen LogP contribution >= 0.6 is 0 Å². The van der Waals surface area contributed by atoms with Crippen LogP contribution in [0, 0.1) is 5.92 Å². The maximum absolute atomic E-state index is 12.2. The highest BCUT2D eigenvalue weighted by Gasteiger charge is 2.20. The number of carbonyl (C=O) groups excluding carboxylic acids is 1. The van der Waals surface area contributed by atoms with Crippen LogP contribution in [0.1, 0.15) is 44.1 Å². The zero-order valence-corrected chi connectivity index (χ0v) is 19.0. The molecule has 1 saturated carbocycles. The number of pyridine rings is 1. The van der Waals surface area contributed by atoms with Crippen molar-refractivity contribution in [1.29, 1.82) is 0 Å². The van der Waals surface area contributed by atoms with E-state index in [0.29, 0.717) is 13.2 Å². The first kappa shape index (κ1) is 22.6. The molecule has 2 fully saturated rings. The molecule has 6 heteroatoms. The van der Waals surface area contributed by atoms with Gasteiger partial charge in [-0.25, -0.2) is 4.98 Å². The summed E-state index contributed by atoms with van der Waals surface area (Å²) in [4.78, 5) is 21.5. The minimum absolute atomic E-state index is 0.231. The molecule has 0 unspecified atom stereocenters. The molecule has 172 valence electrons. The Bertz CT molecular complexity index is 813. The summed E-state index contributed by atoms with van der Waals surface area (Å²) < 4.78 is 5.86. The van der Waals surface area contributed by atoms with Crippen LogP contribution in [0.4, 0.5) is 5.82 Å². The zero-order valence-electron chi connectivity index (χ0n) is 19.0. The van der Waals surface area contributed by atoms with Crippen molar-refractivity contribution in [2.75, 3.05) is 44.2 Å². The number of piperazine rings is 1. The van der Waals surface area contributed by atoms with Gasteiger partial charge in [-0.1, -0.05) is 37.5 Å². The van der Waals surface area contributed by atoms with Gasteiger partial charge in [0.15, 0.2) is 0 Å². The van der Waals surface area contributed by atoms with Crippen LogP contribution in [0.5, 0.6) is 5.75 Å². The predicted octanol–water partition coefficient (Wildman–Crippen LogP) is 3.87. The highest BCUT2D eigenvalue weighted by atomic mass is 16.5. The zero-order chi connectivity index (χ0) is 22.0. The molecule has 2 heterocycles. The van der Waals surface area contributed by atoms with E-state index < -0.39 is 0 Å². The summed E-state index contributed by atoms with van der Waals surface area (Å²) >= 11 is 0. The number of hydrogen-bond donors (Lipinski definition) is 1. The Hall–Kier alpha value is -2.60. The van der Waals surface area contributed by atoms with Gasteiger partial charge in [0.1, 0.15) is 11.6 Å². The van der Waals surface area contributed by atoms with Crippen LogP contribution in [-0.4, -0.2) is 55.1 Å². The summed E-state index contributed by atoms with van der Waals surface area (Å²) in [5.41, 5.74) is 1.31. The first-order valence-corrected chi connectivity index (χ1v) is 12.2. The molecular weight excluding hydrogens is 400 g/mol. The summed E-state index contributed by atoms with van der Waals surface area (Å²) in [5.74, 6) is 2.43. The third-order valence-electron chi connectivity index (χ3n) is 6.54. The van der Waals surface area contributed by atoms with Crippen molar-refractivity contribution in [1.82, 2.24) is 15.2 Å². The van der Waals surface area contributed by atoms with Crippen molar-refractivity contribution in [3.63, 3.8) is 0 Å². The number of ether oxygens (including phenoxy) is 1. The molecule has 4 rings (SSSR count). The second-order valence-corrected chi connectivity index (χ2v) is 8.92. The smallest absolute Gasteiger partial charge is 0.223 e. The molecular formula is C26H36N4O2. The van der Waals surface area contributed by atoms with Gasteiger partial charge in [0.25, 0.3) is 0 Å². The van der Waals surface area contributed by atoms with E-state index in [4.69, 9.17) is 4.74 Å². The molecule has 1 amide bonds. The number of amides is 1. The maximum Gasteiger partial charge on any atom is 0.223 e. The van der Waals surface area contributed by atoms with Crippen molar-refractivity contribution < 1.29 is 9.53 Å². The van der Waals surface area contributed by atoms with E-state index in [0.717, 1.165) is 63.6 Å². The highest BCUT2D eigenvalue weighted by Crippen LogP contribution is 2.23. The molecule has 1 N–H and O–H groups in total. The van der Waals surface area contributed by atoms with Gasteiger partial charge in [0.05, 0.1) is 6.61 Å². The Kier molecular flexibility index (Phi) is 8.37. The summed E-state index contributed by atoms with van der Waals surface area (Å²) in [6, 6.07) is 14.5. The molecule has 2 aromatic rings. The SMILES string of the molecule is O=C(NCCCOc1ccc(CN2CCN(c3ccccn3)CC2)cc1)C1CCCCC1. The van der Waals surface area contributed by atoms with Gasteiger partial charge in [0.2, 0.25) is 5.91 Å². The van der Waals surface area contributed by atoms with Crippen LogP contribution < -0.4 is 15.0 Å². The molecule has 0 atom stereocenters. The van der Waals surface area contributed by atoms with Gasteiger partial charge in [-0.05, 0) is 49.1 Å². The fourth-order valence-corrected chi connectivity index (χ4v) is 4.61. The van der Waals surface area contributed by atoms with E-state index in [9.17, 15) is 4.79 Å². The van der Waals surface area contributed by atoms with Crippen LogP contribution in [0.15, 0.2) is 48.7 Å². The van der Waals surface area contributed by atoms with Gasteiger partial charge in [-0.15, -0.1) is 0 Å². The topological polar surface area (TPSA) is 57.7 Å². The lowest BCUT2D eigenvalue weighted by Crippen LogP contribution is -2.46. The van der Waals surface area contributed by atoms with Crippen LogP contribution in [-0.2, 0) is 11.3 Å². The number of rotatable bonds is 9. The van der Waals surface area contributed by atoms with Gasteiger partial charge in [-0.2, -0.15) is 0 Å². The Balaban J connectivity index is 1.11. The Morgan fingerprint density at radius 3 is 2.50 bits per heavy atom. The number of benzene rings is 1. The van der Waals surface area contributed by atoms with E-state index in [2.05, 4.69) is 50.4 Å². The van der Waals surface area contributed by atoms with E-state index >= 15 is 0 Å². The average Bonchev–Trinajstić information content (AvgIpc) is 2.86. The summed E-state index contributed by atoms with van der Waals surface area (Å²) in [5, 5.41) is 3.07. The van der Waals surface area contributed by atoms with Crippen molar-refractivity contribution in [3.05, 3.63) is 54.2 Å². The molecule has 6 nitrogen and oxygen atoms in total. The number of nitrogens with one attached hydrogen (secondary N) is 1. The second-order valence-electron chi connectivity index (χ2n) is 8.92. The molecule has 1 aliphatic carbocycles. The first-order chi connectivity index (χ1) is 15.8. The van der Waals surface area contributed by atoms with E-state index in [1.807, 2.05) is 18.3 Å². The second kappa shape index (κ2) is 11.9. The number of nitrogens with zero attached hydrogens (tertiary/aromatic N) is 3. The minimum atomic E-state index is 0.231. The van der Waals surface area contributed by atoms with Crippen LogP contribution in [0.2, 0.25) is 0 Å². The summed E-state index contributed by atoms with van der Waals surface area (Å²) in [7, 11) is 0. The standard InChI is InChI=1S/C26H36N4O2/c31-26(23-7-2-1-3-8-23)28-15-6-20-32-24-12-10-22(11-13-24)21-29-16-18-30(19-17-29)25-9-4-5-14-27-25/h4-5,9-14,23H,1-3,6-8,15-21H2,(H,28,31). The lowest BCUT2D eigenvalue weighted by molar-refractivity contribution is -0.125. The Labute approximate surface area is 192 Å². The molecule has 0 spiro atoms. The van der Waals surface area contributed by atoms with Gasteiger partial charge >= 0.3 is 0 Å². The molecule has 32 heavy (non-hydrogen) atoms. The summed E-state index contributed by atoms with van der Waals surface area (Å²) in [6.45, 7) is 6.38. The quantitative estimate of drug-likeness (QED) is 0.605. The van der Waals surface area contributed by atoms with Crippen molar-refractivity contribution in [3.8, 4) is 5.75 Å². The molecule has 1 saturated heterocycles. The highest BCUT2D eigenvalue weighted by molar-refractivity contribution is 5.78. The number of hydrogen-bond acceptors (Lipinski definition) is 5. The van der Waals surface area contributed by atoms with Gasteiger partial charge in [-0.3, -0.25) is 9.69 Å². The molecule has 0 bridgehead atoms. The van der Waals surface area contributed by atoms with E-state index in [-0.39, 0.29) is 11.8 Å². The van der Waals surface area contributed by atoms with Gasteiger partial charge < -0.3 is 15.0 Å². The third kappa shape index (κ3) is 6.70. The lowest BCUT2D eigenvalue weighted by atomic mass is 9.89. The molecule has 1 aliphatic heterocycles. The van der Waals surface area contributed by atoms with Crippen LogP contribution in [0.25, 0.3) is 0 Å². The normalized spacial score (nSPS) is 17.8. The average molecular weight is 437 g/mol. The van der Waals surface area contributed by atoms with E-state index in [1.54, 1.807) is 0 Å². The largest absolute Gasteiger partial charge is 0.494 e. The van der Waals surface area contributed by atoms with E-state index in [1.165, 1.54) is 24.8 Å². The molecule has 1 aromatic carbocycles. The van der Waals surface area contributed by atoms with Crippen LogP contribution in [0.3, 0.4) is 0 Å².